The fourth-order valence-electron chi connectivity index (χ4n) is 3.32. The highest BCUT2D eigenvalue weighted by molar-refractivity contribution is 5.78. The van der Waals surface area contributed by atoms with Crippen LogP contribution in [0.3, 0.4) is 0 Å². The van der Waals surface area contributed by atoms with Crippen LogP contribution in [-0.2, 0) is 6.42 Å². The van der Waals surface area contributed by atoms with Gasteiger partial charge in [-0.3, -0.25) is 0 Å². The first kappa shape index (κ1) is 18.5. The molecule has 1 atom stereocenters. The van der Waals surface area contributed by atoms with Crippen molar-refractivity contribution >= 4 is 17.1 Å². The van der Waals surface area contributed by atoms with Crippen LogP contribution < -0.4 is 11.1 Å². The van der Waals surface area contributed by atoms with Crippen LogP contribution in [0.1, 0.15) is 42.8 Å². The normalized spacial score (nSPS) is 11.9. The van der Waals surface area contributed by atoms with Crippen LogP contribution in [0.15, 0.2) is 48.5 Å². The second kappa shape index (κ2) is 8.37. The van der Waals surface area contributed by atoms with Gasteiger partial charge in [0.1, 0.15) is 5.82 Å². The van der Waals surface area contributed by atoms with Crippen molar-refractivity contribution in [2.24, 2.45) is 5.73 Å². The lowest BCUT2D eigenvalue weighted by atomic mass is 10.1. The Morgan fingerprint density at radius 2 is 2.04 bits per heavy atom. The molecule has 0 unspecified atom stereocenters. The molecular formula is C21H23N5O. The number of imidazole rings is 1. The molecule has 1 aromatic heterocycles. The van der Waals surface area contributed by atoms with E-state index in [9.17, 15) is 10.1 Å². The first-order valence-electron chi connectivity index (χ1n) is 9.09. The molecular weight excluding hydrogens is 338 g/mol. The summed E-state index contributed by atoms with van der Waals surface area (Å²) in [5, 5.41) is 11.9. The number of unbranched alkanes of at least 4 members (excludes halogenated alkanes) is 1. The lowest BCUT2D eigenvalue weighted by Crippen LogP contribution is -2.30. The second-order valence-corrected chi connectivity index (χ2v) is 6.55. The van der Waals surface area contributed by atoms with E-state index in [1.54, 1.807) is 6.07 Å². The molecule has 27 heavy (non-hydrogen) atoms. The van der Waals surface area contributed by atoms with Gasteiger partial charge in [0.15, 0.2) is 0 Å². The number of aromatic nitrogens is 2. The molecule has 0 radical (unpaired) electrons. The molecule has 0 saturated carbocycles. The number of amides is 2. The molecule has 6 heteroatoms. The Morgan fingerprint density at radius 1 is 1.26 bits per heavy atom. The van der Waals surface area contributed by atoms with Crippen LogP contribution in [0.25, 0.3) is 11.0 Å². The number of hydrogen-bond acceptors (Lipinski definition) is 3. The lowest BCUT2D eigenvalue weighted by Gasteiger charge is -2.18. The molecule has 0 aliphatic rings. The van der Waals surface area contributed by atoms with Crippen molar-refractivity contribution in [1.82, 2.24) is 14.9 Å². The van der Waals surface area contributed by atoms with Gasteiger partial charge in [0.25, 0.3) is 0 Å². The van der Waals surface area contributed by atoms with Gasteiger partial charge in [-0.05, 0) is 43.5 Å². The van der Waals surface area contributed by atoms with E-state index in [1.165, 1.54) is 5.56 Å². The summed E-state index contributed by atoms with van der Waals surface area (Å²) in [7, 11) is 0. The highest BCUT2D eigenvalue weighted by Gasteiger charge is 2.17. The van der Waals surface area contributed by atoms with Crippen molar-refractivity contribution in [2.75, 3.05) is 6.54 Å². The van der Waals surface area contributed by atoms with E-state index in [1.807, 2.05) is 30.3 Å². The van der Waals surface area contributed by atoms with Crippen molar-refractivity contribution in [1.29, 1.82) is 5.26 Å². The number of primary amides is 1. The number of benzene rings is 2. The number of carbonyl (C=O) groups excluding carboxylic acids is 1. The zero-order valence-electron chi connectivity index (χ0n) is 15.4. The fourth-order valence-corrected chi connectivity index (χ4v) is 3.32. The van der Waals surface area contributed by atoms with E-state index in [0.29, 0.717) is 12.1 Å². The van der Waals surface area contributed by atoms with E-state index < -0.39 is 6.03 Å². The summed E-state index contributed by atoms with van der Waals surface area (Å²) in [6, 6.07) is 17.7. The number of carbonyl (C=O) groups is 1. The van der Waals surface area contributed by atoms with Crippen LogP contribution in [-0.4, -0.2) is 22.1 Å². The standard InChI is InChI=1S/C21H23N5O/c1-15(17-7-3-2-4-8-17)26-19-13-16(14-22)10-11-18(19)25-20(26)9-5-6-12-24-21(23)27/h2-4,7-8,10-11,13,15H,5-6,9,12H2,1H3,(H3,23,24,27)/t15-/m0/s1. The first-order valence-corrected chi connectivity index (χ1v) is 9.09. The molecule has 3 aromatic rings. The van der Waals surface area contributed by atoms with Gasteiger partial charge in [0, 0.05) is 13.0 Å². The summed E-state index contributed by atoms with van der Waals surface area (Å²) in [5.41, 5.74) is 8.78. The third-order valence-corrected chi connectivity index (χ3v) is 4.69. The van der Waals surface area contributed by atoms with Gasteiger partial charge in [-0.25, -0.2) is 9.78 Å². The first-order chi connectivity index (χ1) is 13.1. The van der Waals surface area contributed by atoms with Gasteiger partial charge in [-0.15, -0.1) is 0 Å². The number of rotatable bonds is 7. The third kappa shape index (κ3) is 4.26. The Labute approximate surface area is 158 Å². The molecule has 3 rings (SSSR count). The molecule has 0 bridgehead atoms. The van der Waals surface area contributed by atoms with Gasteiger partial charge < -0.3 is 15.6 Å². The predicted octanol–water partition coefficient (Wildman–Crippen LogP) is 3.51. The molecule has 0 aliphatic heterocycles. The third-order valence-electron chi connectivity index (χ3n) is 4.69. The van der Waals surface area contributed by atoms with Crippen LogP contribution in [0.4, 0.5) is 4.79 Å². The maximum Gasteiger partial charge on any atom is 0.312 e. The summed E-state index contributed by atoms with van der Waals surface area (Å²) < 4.78 is 2.22. The number of nitrogens with two attached hydrogens (primary N) is 1. The fraction of sp³-hybridized carbons (Fsp3) is 0.286. The Hall–Kier alpha value is -3.33. The molecule has 2 aromatic carbocycles. The number of nitriles is 1. The highest BCUT2D eigenvalue weighted by Crippen LogP contribution is 2.27. The topological polar surface area (TPSA) is 96.7 Å². The minimum absolute atomic E-state index is 0.101. The summed E-state index contributed by atoms with van der Waals surface area (Å²) >= 11 is 0. The second-order valence-electron chi connectivity index (χ2n) is 6.55. The van der Waals surface area contributed by atoms with Crippen LogP contribution in [0.2, 0.25) is 0 Å². The van der Waals surface area contributed by atoms with E-state index >= 15 is 0 Å². The van der Waals surface area contributed by atoms with Crippen LogP contribution in [0.5, 0.6) is 0 Å². The highest BCUT2D eigenvalue weighted by atomic mass is 16.2. The van der Waals surface area contributed by atoms with Crippen LogP contribution >= 0.6 is 0 Å². The van der Waals surface area contributed by atoms with Crippen molar-refractivity contribution in [3.8, 4) is 6.07 Å². The number of fused-ring (bicyclic) bond motifs is 1. The minimum atomic E-state index is -0.496. The van der Waals surface area contributed by atoms with E-state index in [0.717, 1.165) is 36.1 Å². The van der Waals surface area contributed by atoms with Crippen molar-refractivity contribution in [3.05, 3.63) is 65.5 Å². The Balaban J connectivity index is 1.92. The number of nitrogens with one attached hydrogen (secondary N) is 1. The summed E-state index contributed by atoms with van der Waals surface area (Å²) in [5.74, 6) is 0.982. The van der Waals surface area contributed by atoms with Gasteiger partial charge in [0.2, 0.25) is 0 Å². The predicted molar refractivity (Wildman–Crippen MR) is 105 cm³/mol. The number of aryl methyl sites for hydroxylation is 1. The largest absolute Gasteiger partial charge is 0.352 e. The molecule has 6 nitrogen and oxygen atoms in total. The molecule has 0 spiro atoms. The van der Waals surface area contributed by atoms with Gasteiger partial charge >= 0.3 is 6.03 Å². The quantitative estimate of drug-likeness (QED) is 0.630. The van der Waals surface area contributed by atoms with E-state index in [2.05, 4.69) is 35.0 Å². The minimum Gasteiger partial charge on any atom is -0.352 e. The summed E-state index contributed by atoms with van der Waals surface area (Å²) in [4.78, 5) is 15.6. The molecule has 0 aliphatic carbocycles. The average molecular weight is 361 g/mol. The zero-order valence-corrected chi connectivity index (χ0v) is 15.4. The zero-order chi connectivity index (χ0) is 19.2. The number of hydrogen-bond donors (Lipinski definition) is 2. The van der Waals surface area contributed by atoms with E-state index in [-0.39, 0.29) is 6.04 Å². The molecule has 138 valence electrons. The number of urea groups is 1. The van der Waals surface area contributed by atoms with Gasteiger partial charge in [-0.1, -0.05) is 30.3 Å². The summed E-state index contributed by atoms with van der Waals surface area (Å²) in [6.45, 7) is 2.70. The van der Waals surface area contributed by atoms with Gasteiger partial charge in [0.05, 0.1) is 28.7 Å². The summed E-state index contributed by atoms with van der Waals surface area (Å²) in [6.07, 6.45) is 2.50. The lowest BCUT2D eigenvalue weighted by molar-refractivity contribution is 0.248. The van der Waals surface area contributed by atoms with Crippen molar-refractivity contribution in [3.63, 3.8) is 0 Å². The monoisotopic (exact) mass is 361 g/mol. The number of nitrogens with zero attached hydrogens (tertiary/aromatic N) is 3. The average Bonchev–Trinajstić information content (AvgIpc) is 3.04. The Morgan fingerprint density at radius 3 is 2.74 bits per heavy atom. The Kier molecular flexibility index (Phi) is 5.72. The van der Waals surface area contributed by atoms with Gasteiger partial charge in [-0.2, -0.15) is 5.26 Å². The van der Waals surface area contributed by atoms with E-state index in [4.69, 9.17) is 10.7 Å². The van der Waals surface area contributed by atoms with Crippen molar-refractivity contribution < 1.29 is 4.79 Å². The maximum absolute atomic E-state index is 10.8. The Bertz CT molecular complexity index is 971. The molecule has 2 amide bonds. The smallest absolute Gasteiger partial charge is 0.312 e. The SMILES string of the molecule is C[C@@H](c1ccccc1)n1c(CCCCNC(N)=O)nc2ccc(C#N)cc21. The van der Waals surface area contributed by atoms with Crippen molar-refractivity contribution in [2.45, 2.75) is 32.2 Å². The molecule has 0 fully saturated rings. The molecule has 0 saturated heterocycles. The van der Waals surface area contributed by atoms with Crippen LogP contribution in [0, 0.1) is 11.3 Å². The molecule has 3 N–H and O–H groups in total. The molecule has 1 heterocycles. The maximum atomic E-state index is 10.8.